The molecule has 104 valence electrons. The fourth-order valence-corrected chi connectivity index (χ4v) is 3.09. The molecule has 0 aromatic rings. The number of nitrogens with zero attached hydrogens (tertiary/aromatic N) is 1. The van der Waals surface area contributed by atoms with Crippen molar-refractivity contribution in [2.45, 2.75) is 57.5 Å². The van der Waals surface area contributed by atoms with E-state index in [9.17, 15) is 4.79 Å². The predicted molar refractivity (Wildman–Crippen MR) is 73.5 cm³/mol. The lowest BCUT2D eigenvalue weighted by Gasteiger charge is -2.31. The number of amides is 1. The second kappa shape index (κ2) is 7.10. The quantitative estimate of drug-likeness (QED) is 0.745. The summed E-state index contributed by atoms with van der Waals surface area (Å²) in [6.45, 7) is 6.71. The van der Waals surface area contributed by atoms with Crippen LogP contribution >= 0.6 is 0 Å². The van der Waals surface area contributed by atoms with Gasteiger partial charge in [-0.2, -0.15) is 0 Å². The van der Waals surface area contributed by atoms with Gasteiger partial charge in [0, 0.05) is 31.6 Å². The fraction of sp³-hybridized carbons (Fsp3) is 0.929. The van der Waals surface area contributed by atoms with Crippen LogP contribution in [0.25, 0.3) is 0 Å². The third-order valence-electron chi connectivity index (χ3n) is 3.99. The molecule has 2 N–H and O–H groups in total. The zero-order valence-electron chi connectivity index (χ0n) is 11.6. The number of nitrogens with one attached hydrogen (secondary N) is 2. The van der Waals surface area contributed by atoms with Crippen LogP contribution in [0, 0.1) is 0 Å². The van der Waals surface area contributed by atoms with Crippen LogP contribution in [0.1, 0.15) is 45.4 Å². The third kappa shape index (κ3) is 4.25. The third-order valence-corrected chi connectivity index (χ3v) is 3.99. The van der Waals surface area contributed by atoms with Gasteiger partial charge in [0.1, 0.15) is 0 Å². The summed E-state index contributed by atoms with van der Waals surface area (Å²) in [7, 11) is 0. The standard InChI is InChI=1S/C14H27N3O/c1-2-9-17(10-12-5-3-4-8-15-12)11-13-6-7-14(18)16-13/h12-13,15H,2-11H2,1H3,(H,16,18). The van der Waals surface area contributed by atoms with Gasteiger partial charge in [-0.05, 0) is 38.8 Å². The zero-order valence-corrected chi connectivity index (χ0v) is 11.6. The normalized spacial score (nSPS) is 28.7. The molecular weight excluding hydrogens is 226 g/mol. The Bertz CT molecular complexity index is 264. The molecule has 0 saturated carbocycles. The van der Waals surface area contributed by atoms with Crippen molar-refractivity contribution in [1.29, 1.82) is 0 Å². The summed E-state index contributed by atoms with van der Waals surface area (Å²) in [5, 5.41) is 6.69. The van der Waals surface area contributed by atoms with Gasteiger partial charge in [0.2, 0.25) is 5.91 Å². The molecule has 0 spiro atoms. The second-order valence-electron chi connectivity index (χ2n) is 5.71. The molecular formula is C14H27N3O. The minimum absolute atomic E-state index is 0.229. The van der Waals surface area contributed by atoms with E-state index in [2.05, 4.69) is 22.5 Å². The van der Waals surface area contributed by atoms with Gasteiger partial charge in [-0.3, -0.25) is 9.69 Å². The van der Waals surface area contributed by atoms with Gasteiger partial charge in [-0.15, -0.1) is 0 Å². The maximum absolute atomic E-state index is 11.2. The maximum atomic E-state index is 11.2. The lowest BCUT2D eigenvalue weighted by Crippen LogP contribution is -2.47. The Balaban J connectivity index is 1.77. The number of hydrogen-bond acceptors (Lipinski definition) is 3. The lowest BCUT2D eigenvalue weighted by molar-refractivity contribution is -0.119. The van der Waals surface area contributed by atoms with Gasteiger partial charge in [0.25, 0.3) is 0 Å². The van der Waals surface area contributed by atoms with Crippen molar-refractivity contribution in [2.24, 2.45) is 0 Å². The van der Waals surface area contributed by atoms with Gasteiger partial charge in [-0.25, -0.2) is 0 Å². The van der Waals surface area contributed by atoms with Crippen LogP contribution in [0.15, 0.2) is 0 Å². The number of hydrogen-bond donors (Lipinski definition) is 2. The Kier molecular flexibility index (Phi) is 5.45. The zero-order chi connectivity index (χ0) is 12.8. The molecule has 4 nitrogen and oxygen atoms in total. The van der Waals surface area contributed by atoms with E-state index < -0.39 is 0 Å². The average Bonchev–Trinajstić information content (AvgIpc) is 2.76. The van der Waals surface area contributed by atoms with Crippen LogP contribution in [0.4, 0.5) is 0 Å². The smallest absolute Gasteiger partial charge is 0.220 e. The molecule has 2 aliphatic heterocycles. The first-order valence-electron chi connectivity index (χ1n) is 7.53. The molecule has 0 aromatic carbocycles. The summed E-state index contributed by atoms with van der Waals surface area (Å²) >= 11 is 0. The Labute approximate surface area is 110 Å². The van der Waals surface area contributed by atoms with Crippen molar-refractivity contribution in [3.05, 3.63) is 0 Å². The van der Waals surface area contributed by atoms with Crippen LogP contribution in [-0.2, 0) is 4.79 Å². The fourth-order valence-electron chi connectivity index (χ4n) is 3.09. The molecule has 2 atom stereocenters. The number of rotatable bonds is 6. The maximum Gasteiger partial charge on any atom is 0.220 e. The van der Waals surface area contributed by atoms with E-state index in [0.29, 0.717) is 18.5 Å². The van der Waals surface area contributed by atoms with Gasteiger partial charge in [0.05, 0.1) is 0 Å². The monoisotopic (exact) mass is 253 g/mol. The molecule has 2 unspecified atom stereocenters. The van der Waals surface area contributed by atoms with Crippen molar-refractivity contribution in [3.8, 4) is 0 Å². The SMILES string of the molecule is CCCN(CC1CCCCN1)CC1CCC(=O)N1. The van der Waals surface area contributed by atoms with Gasteiger partial charge in [0.15, 0.2) is 0 Å². The van der Waals surface area contributed by atoms with E-state index in [1.54, 1.807) is 0 Å². The summed E-state index contributed by atoms with van der Waals surface area (Å²) in [4.78, 5) is 13.8. The largest absolute Gasteiger partial charge is 0.352 e. The van der Waals surface area contributed by atoms with Crippen LogP contribution in [0.5, 0.6) is 0 Å². The van der Waals surface area contributed by atoms with Crippen LogP contribution in [0.3, 0.4) is 0 Å². The molecule has 0 aromatic heterocycles. The Morgan fingerprint density at radius 2 is 2.06 bits per heavy atom. The van der Waals surface area contributed by atoms with E-state index in [1.165, 1.54) is 32.2 Å². The van der Waals surface area contributed by atoms with E-state index in [0.717, 1.165) is 26.1 Å². The molecule has 0 radical (unpaired) electrons. The molecule has 0 bridgehead atoms. The minimum atomic E-state index is 0.229. The molecule has 2 aliphatic rings. The average molecular weight is 253 g/mol. The summed E-state index contributed by atoms with van der Waals surface area (Å²) in [5.74, 6) is 0.229. The molecule has 0 aliphatic carbocycles. The molecule has 2 heterocycles. The van der Waals surface area contributed by atoms with Crippen molar-refractivity contribution < 1.29 is 4.79 Å². The summed E-state index contributed by atoms with van der Waals surface area (Å²) in [6.07, 6.45) is 6.90. The molecule has 18 heavy (non-hydrogen) atoms. The van der Waals surface area contributed by atoms with E-state index in [-0.39, 0.29) is 5.91 Å². The first-order chi connectivity index (χ1) is 8.78. The lowest BCUT2D eigenvalue weighted by atomic mass is 10.0. The van der Waals surface area contributed by atoms with E-state index in [1.807, 2.05) is 0 Å². The number of carbonyl (C=O) groups excluding carboxylic acids is 1. The Morgan fingerprint density at radius 1 is 1.22 bits per heavy atom. The van der Waals surface area contributed by atoms with Crippen molar-refractivity contribution in [3.63, 3.8) is 0 Å². The highest BCUT2D eigenvalue weighted by atomic mass is 16.1. The second-order valence-corrected chi connectivity index (χ2v) is 5.71. The Hall–Kier alpha value is -0.610. The highest BCUT2D eigenvalue weighted by Crippen LogP contribution is 2.12. The molecule has 2 rings (SSSR count). The number of carbonyl (C=O) groups is 1. The predicted octanol–water partition coefficient (Wildman–Crippen LogP) is 1.12. The van der Waals surface area contributed by atoms with Gasteiger partial charge >= 0.3 is 0 Å². The van der Waals surface area contributed by atoms with Crippen LogP contribution < -0.4 is 10.6 Å². The summed E-state index contributed by atoms with van der Waals surface area (Å²) in [6, 6.07) is 1.04. The van der Waals surface area contributed by atoms with Crippen molar-refractivity contribution >= 4 is 5.91 Å². The highest BCUT2D eigenvalue weighted by molar-refractivity contribution is 5.78. The van der Waals surface area contributed by atoms with E-state index >= 15 is 0 Å². The summed E-state index contributed by atoms with van der Waals surface area (Å²) in [5.41, 5.74) is 0. The van der Waals surface area contributed by atoms with Gasteiger partial charge < -0.3 is 10.6 Å². The molecule has 4 heteroatoms. The highest BCUT2D eigenvalue weighted by Gasteiger charge is 2.24. The van der Waals surface area contributed by atoms with Crippen LogP contribution in [0.2, 0.25) is 0 Å². The first-order valence-corrected chi connectivity index (χ1v) is 7.53. The Morgan fingerprint density at radius 3 is 2.67 bits per heavy atom. The number of piperidine rings is 1. The van der Waals surface area contributed by atoms with E-state index in [4.69, 9.17) is 0 Å². The molecule has 2 saturated heterocycles. The van der Waals surface area contributed by atoms with Gasteiger partial charge in [-0.1, -0.05) is 13.3 Å². The van der Waals surface area contributed by atoms with Crippen molar-refractivity contribution in [2.75, 3.05) is 26.2 Å². The molecule has 2 fully saturated rings. The molecule has 1 amide bonds. The minimum Gasteiger partial charge on any atom is -0.352 e. The topological polar surface area (TPSA) is 44.4 Å². The van der Waals surface area contributed by atoms with Crippen LogP contribution in [-0.4, -0.2) is 49.1 Å². The first kappa shape index (κ1) is 13.8. The summed E-state index contributed by atoms with van der Waals surface area (Å²) < 4.78 is 0. The van der Waals surface area contributed by atoms with Crippen molar-refractivity contribution in [1.82, 2.24) is 15.5 Å².